The van der Waals surface area contributed by atoms with Gasteiger partial charge in [-0.05, 0) is 56.3 Å². The van der Waals surface area contributed by atoms with Gasteiger partial charge >= 0.3 is 0 Å². The van der Waals surface area contributed by atoms with E-state index in [1.165, 1.54) is 25.3 Å². The smallest absolute Gasteiger partial charge is 0.255 e. The van der Waals surface area contributed by atoms with Crippen molar-refractivity contribution in [1.29, 1.82) is 5.26 Å². The van der Waals surface area contributed by atoms with E-state index >= 15 is 0 Å². The summed E-state index contributed by atoms with van der Waals surface area (Å²) in [4.78, 5) is 15.2. The zero-order valence-electron chi connectivity index (χ0n) is 17.3. The molecule has 3 heterocycles. The Kier molecular flexibility index (Phi) is 5.58. The van der Waals surface area contributed by atoms with Crippen molar-refractivity contribution in [3.05, 3.63) is 63.1 Å². The predicted octanol–water partition coefficient (Wildman–Crippen LogP) is 3.48. The molecule has 0 bridgehead atoms. The average Bonchev–Trinajstić information content (AvgIpc) is 3.03. The third-order valence-corrected chi connectivity index (χ3v) is 6.62. The molecule has 3 unspecified atom stereocenters. The van der Waals surface area contributed by atoms with Crippen LogP contribution in [0, 0.1) is 18.3 Å². The van der Waals surface area contributed by atoms with Crippen LogP contribution in [0.5, 0.6) is 0 Å². The maximum absolute atomic E-state index is 12.8. The summed E-state index contributed by atoms with van der Waals surface area (Å²) in [5.41, 5.74) is 3.76. The summed E-state index contributed by atoms with van der Waals surface area (Å²) >= 11 is 0. The monoisotopic (exact) mass is 391 g/mol. The zero-order chi connectivity index (χ0) is 20.5. The molecular formula is C24H29N3O2. The standard InChI is InChI=1S/C24H29N3O2/c1-3-17-8-6-7-11-26(17)15-18(28)13-20-19-9-4-5-10-22(19)27-23(29)12-16(2)21(14-25)24(20)27/h4-5,9-10,12,17-18,20,28H,3,6-8,11,13,15H2,1-2H3. The number of likely N-dealkylation sites (tertiary alicyclic amines) is 1. The summed E-state index contributed by atoms with van der Waals surface area (Å²) < 4.78 is 1.67. The molecule has 2 aromatic rings. The lowest BCUT2D eigenvalue weighted by atomic mass is 9.88. The van der Waals surface area contributed by atoms with Gasteiger partial charge in [-0.15, -0.1) is 0 Å². The number of hydrogen-bond acceptors (Lipinski definition) is 4. The number of benzene rings is 1. The van der Waals surface area contributed by atoms with E-state index in [9.17, 15) is 15.2 Å². The summed E-state index contributed by atoms with van der Waals surface area (Å²) in [5.74, 6) is -0.145. The van der Waals surface area contributed by atoms with E-state index in [2.05, 4.69) is 17.9 Å². The van der Waals surface area contributed by atoms with Crippen LogP contribution in [0.4, 0.5) is 0 Å². The number of fused-ring (bicyclic) bond motifs is 3. The molecule has 1 saturated heterocycles. The number of piperidine rings is 1. The Morgan fingerprint density at radius 3 is 2.86 bits per heavy atom. The van der Waals surface area contributed by atoms with Crippen molar-refractivity contribution in [3.8, 4) is 11.8 Å². The van der Waals surface area contributed by atoms with Crippen LogP contribution in [0.25, 0.3) is 5.69 Å². The highest BCUT2D eigenvalue weighted by Gasteiger charge is 2.35. The lowest BCUT2D eigenvalue weighted by molar-refractivity contribution is 0.0595. The molecule has 0 spiro atoms. The number of nitrogens with zero attached hydrogens (tertiary/aromatic N) is 3. The van der Waals surface area contributed by atoms with Crippen LogP contribution >= 0.6 is 0 Å². The maximum Gasteiger partial charge on any atom is 0.255 e. The van der Waals surface area contributed by atoms with Gasteiger partial charge in [0, 0.05) is 24.6 Å². The summed E-state index contributed by atoms with van der Waals surface area (Å²) in [6.07, 6.45) is 4.77. The van der Waals surface area contributed by atoms with Crippen LogP contribution in [0.3, 0.4) is 0 Å². The number of aliphatic hydroxyl groups is 1. The van der Waals surface area contributed by atoms with Crippen molar-refractivity contribution >= 4 is 0 Å². The molecule has 0 saturated carbocycles. The van der Waals surface area contributed by atoms with Gasteiger partial charge in [0.05, 0.1) is 23.0 Å². The minimum atomic E-state index is -0.506. The Hall–Kier alpha value is -2.42. The Balaban J connectivity index is 1.68. The molecule has 29 heavy (non-hydrogen) atoms. The molecule has 3 atom stereocenters. The first-order valence-corrected chi connectivity index (χ1v) is 10.7. The molecule has 1 aromatic heterocycles. The van der Waals surface area contributed by atoms with Gasteiger partial charge in [-0.1, -0.05) is 31.5 Å². The molecule has 5 nitrogen and oxygen atoms in total. The number of aliphatic hydroxyl groups excluding tert-OH is 1. The molecule has 1 aromatic carbocycles. The number of β-amino-alcohol motifs (C(OH)–C–C–N with tert-alkyl or cyclic N) is 1. The Morgan fingerprint density at radius 1 is 1.31 bits per heavy atom. The molecule has 0 aliphatic carbocycles. The quantitative estimate of drug-likeness (QED) is 0.847. The summed E-state index contributed by atoms with van der Waals surface area (Å²) in [6.45, 7) is 5.72. The second-order valence-electron chi connectivity index (χ2n) is 8.43. The van der Waals surface area contributed by atoms with Crippen molar-refractivity contribution in [3.63, 3.8) is 0 Å². The highest BCUT2D eigenvalue weighted by Crippen LogP contribution is 2.41. The number of hydrogen-bond donors (Lipinski definition) is 1. The van der Waals surface area contributed by atoms with Crippen LogP contribution in [0.1, 0.15) is 67.3 Å². The first kappa shape index (κ1) is 19.9. The van der Waals surface area contributed by atoms with Crippen molar-refractivity contribution in [2.75, 3.05) is 13.1 Å². The molecule has 1 N–H and O–H groups in total. The average molecular weight is 392 g/mol. The highest BCUT2D eigenvalue weighted by molar-refractivity contribution is 5.59. The van der Waals surface area contributed by atoms with Crippen LogP contribution < -0.4 is 5.56 Å². The van der Waals surface area contributed by atoms with Gasteiger partial charge < -0.3 is 5.11 Å². The van der Waals surface area contributed by atoms with Gasteiger partial charge in [0.15, 0.2) is 0 Å². The first-order valence-electron chi connectivity index (χ1n) is 10.7. The minimum Gasteiger partial charge on any atom is -0.392 e. The zero-order valence-corrected chi connectivity index (χ0v) is 17.3. The van der Waals surface area contributed by atoms with E-state index in [-0.39, 0.29) is 11.5 Å². The lowest BCUT2D eigenvalue weighted by Crippen LogP contribution is -2.43. The fraction of sp³-hybridized carbons (Fsp3) is 0.500. The summed E-state index contributed by atoms with van der Waals surface area (Å²) in [7, 11) is 0. The molecule has 152 valence electrons. The summed E-state index contributed by atoms with van der Waals surface area (Å²) in [6, 6.07) is 12.2. The van der Waals surface area contributed by atoms with Crippen LogP contribution in [-0.4, -0.2) is 39.8 Å². The van der Waals surface area contributed by atoms with Gasteiger partial charge in [0.2, 0.25) is 0 Å². The van der Waals surface area contributed by atoms with Crippen LogP contribution in [0.2, 0.25) is 0 Å². The maximum atomic E-state index is 12.8. The van der Waals surface area contributed by atoms with E-state index < -0.39 is 6.10 Å². The second-order valence-corrected chi connectivity index (χ2v) is 8.43. The van der Waals surface area contributed by atoms with Gasteiger partial charge in [-0.2, -0.15) is 5.26 Å². The van der Waals surface area contributed by atoms with Crippen molar-refractivity contribution in [2.45, 2.75) is 64.0 Å². The highest BCUT2D eigenvalue weighted by atomic mass is 16.3. The topological polar surface area (TPSA) is 69.3 Å². The van der Waals surface area contributed by atoms with Crippen molar-refractivity contribution in [2.24, 2.45) is 0 Å². The number of rotatable bonds is 5. The number of aromatic nitrogens is 1. The number of pyridine rings is 1. The van der Waals surface area contributed by atoms with E-state index in [1.807, 2.05) is 31.2 Å². The van der Waals surface area contributed by atoms with E-state index in [1.54, 1.807) is 4.57 Å². The first-order chi connectivity index (χ1) is 14.0. The van der Waals surface area contributed by atoms with Gasteiger partial charge in [0.1, 0.15) is 6.07 Å². The molecule has 4 rings (SSSR count). The molecule has 0 amide bonds. The molecular weight excluding hydrogens is 362 g/mol. The fourth-order valence-electron chi connectivity index (χ4n) is 5.23. The Labute approximate surface area is 172 Å². The molecule has 5 heteroatoms. The SMILES string of the molecule is CCC1CCCCN1CC(O)CC1c2ccccc2-n2c1c(C#N)c(C)cc2=O. The molecule has 1 fully saturated rings. The number of nitriles is 1. The molecule has 2 aliphatic heterocycles. The molecule has 2 aliphatic rings. The van der Waals surface area contributed by atoms with Gasteiger partial charge in [-0.25, -0.2) is 0 Å². The van der Waals surface area contributed by atoms with Crippen molar-refractivity contribution < 1.29 is 5.11 Å². The fourth-order valence-corrected chi connectivity index (χ4v) is 5.23. The second kappa shape index (κ2) is 8.14. The molecule has 0 radical (unpaired) electrons. The van der Waals surface area contributed by atoms with E-state index in [0.717, 1.165) is 29.9 Å². The van der Waals surface area contributed by atoms with Gasteiger partial charge in [-0.3, -0.25) is 14.3 Å². The largest absolute Gasteiger partial charge is 0.392 e. The Bertz CT molecular complexity index is 1000. The number of aryl methyl sites for hydroxylation is 1. The third-order valence-electron chi connectivity index (χ3n) is 6.62. The predicted molar refractivity (Wildman–Crippen MR) is 113 cm³/mol. The third kappa shape index (κ3) is 3.52. The van der Waals surface area contributed by atoms with Gasteiger partial charge in [0.25, 0.3) is 5.56 Å². The number of para-hydroxylation sites is 1. The van der Waals surface area contributed by atoms with Crippen LogP contribution in [-0.2, 0) is 0 Å². The van der Waals surface area contributed by atoms with E-state index in [0.29, 0.717) is 30.1 Å². The Morgan fingerprint density at radius 2 is 2.10 bits per heavy atom. The normalized spacial score (nSPS) is 22.0. The van der Waals surface area contributed by atoms with Crippen molar-refractivity contribution in [1.82, 2.24) is 9.47 Å². The minimum absolute atomic E-state index is 0.108. The lowest BCUT2D eigenvalue weighted by Gasteiger charge is -2.36. The van der Waals surface area contributed by atoms with E-state index in [4.69, 9.17) is 0 Å². The van der Waals surface area contributed by atoms with Crippen LogP contribution in [0.15, 0.2) is 35.1 Å². The summed E-state index contributed by atoms with van der Waals surface area (Å²) in [5, 5.41) is 20.8.